The van der Waals surface area contributed by atoms with Gasteiger partial charge in [0.2, 0.25) is 5.91 Å². The summed E-state index contributed by atoms with van der Waals surface area (Å²) in [6.07, 6.45) is 2.68. The molecule has 1 aliphatic rings. The van der Waals surface area contributed by atoms with Gasteiger partial charge in [0.1, 0.15) is 0 Å². The fraction of sp³-hybridized carbons (Fsp3) is 0.692. The van der Waals surface area contributed by atoms with Gasteiger partial charge in [-0.05, 0) is 32.9 Å². The van der Waals surface area contributed by atoms with Crippen molar-refractivity contribution in [1.29, 1.82) is 0 Å². The van der Waals surface area contributed by atoms with Gasteiger partial charge in [0.05, 0.1) is 5.01 Å². The second-order valence-electron chi connectivity index (χ2n) is 5.20. The van der Waals surface area contributed by atoms with Crippen LogP contribution in [-0.4, -0.2) is 30.5 Å². The third-order valence-corrected chi connectivity index (χ3v) is 4.57. The van der Waals surface area contributed by atoms with Crippen molar-refractivity contribution in [3.8, 4) is 0 Å². The van der Waals surface area contributed by atoms with Crippen molar-refractivity contribution in [3.63, 3.8) is 0 Å². The van der Waals surface area contributed by atoms with Crippen LogP contribution in [0.4, 0.5) is 0 Å². The fourth-order valence-corrected chi connectivity index (χ4v) is 3.00. The van der Waals surface area contributed by atoms with Crippen LogP contribution < -0.4 is 10.6 Å². The summed E-state index contributed by atoms with van der Waals surface area (Å²) >= 11 is 1.66. The first-order chi connectivity index (χ1) is 8.60. The fourth-order valence-electron chi connectivity index (χ4n) is 2.22. The zero-order valence-electron chi connectivity index (χ0n) is 11.1. The molecule has 2 heterocycles. The predicted octanol–water partition coefficient (Wildman–Crippen LogP) is 1.50. The number of carbonyl (C=O) groups excluding carboxylic acids is 1. The molecule has 0 radical (unpaired) electrons. The molecule has 2 N–H and O–H groups in total. The lowest BCUT2D eigenvalue weighted by Gasteiger charge is -2.32. The Kier molecular flexibility index (Phi) is 4.35. The van der Waals surface area contributed by atoms with E-state index >= 15 is 0 Å². The molecule has 1 aromatic heterocycles. The normalized spacial score (nSPS) is 18.6. The molecule has 100 valence electrons. The van der Waals surface area contributed by atoms with E-state index < -0.39 is 0 Å². The van der Waals surface area contributed by atoms with Gasteiger partial charge < -0.3 is 10.6 Å². The Labute approximate surface area is 112 Å². The maximum Gasteiger partial charge on any atom is 0.226 e. The molecule has 5 heteroatoms. The number of thiazole rings is 1. The van der Waals surface area contributed by atoms with Crippen LogP contribution in [0, 0.1) is 12.3 Å². The number of nitrogens with one attached hydrogen (secondary N) is 2. The smallest absolute Gasteiger partial charge is 0.226 e. The van der Waals surface area contributed by atoms with Gasteiger partial charge >= 0.3 is 0 Å². The summed E-state index contributed by atoms with van der Waals surface area (Å²) in [4.78, 5) is 16.6. The molecule has 0 spiro atoms. The third kappa shape index (κ3) is 3.29. The number of hydrogen-bond acceptors (Lipinski definition) is 4. The summed E-state index contributed by atoms with van der Waals surface area (Å²) < 4.78 is 0. The first-order valence-corrected chi connectivity index (χ1v) is 7.38. The summed E-state index contributed by atoms with van der Waals surface area (Å²) in [6.45, 7) is 6.63. The molecule has 1 aliphatic heterocycles. The molecule has 1 fully saturated rings. The minimum absolute atomic E-state index is 0.190. The van der Waals surface area contributed by atoms with Crippen LogP contribution in [0.5, 0.6) is 0 Å². The highest BCUT2D eigenvalue weighted by Crippen LogP contribution is 2.27. The van der Waals surface area contributed by atoms with E-state index in [9.17, 15) is 4.79 Å². The van der Waals surface area contributed by atoms with Gasteiger partial charge in [0.25, 0.3) is 0 Å². The van der Waals surface area contributed by atoms with Crippen LogP contribution in [0.15, 0.2) is 5.38 Å². The topological polar surface area (TPSA) is 54.0 Å². The van der Waals surface area contributed by atoms with Crippen LogP contribution in [-0.2, 0) is 11.2 Å². The highest BCUT2D eigenvalue weighted by Gasteiger charge is 2.34. The van der Waals surface area contributed by atoms with E-state index in [1.807, 2.05) is 12.3 Å². The highest BCUT2D eigenvalue weighted by molar-refractivity contribution is 7.09. The number of carbonyl (C=O) groups is 1. The number of nitrogens with zero attached hydrogens (tertiary/aromatic N) is 1. The second kappa shape index (κ2) is 5.80. The van der Waals surface area contributed by atoms with Gasteiger partial charge in [-0.1, -0.05) is 6.92 Å². The van der Waals surface area contributed by atoms with Gasteiger partial charge in [0.15, 0.2) is 0 Å². The Morgan fingerprint density at radius 2 is 2.28 bits per heavy atom. The van der Waals surface area contributed by atoms with Gasteiger partial charge in [-0.2, -0.15) is 0 Å². The van der Waals surface area contributed by atoms with Crippen molar-refractivity contribution in [3.05, 3.63) is 16.1 Å². The number of piperidine rings is 1. The lowest BCUT2D eigenvalue weighted by Crippen LogP contribution is -2.46. The quantitative estimate of drug-likeness (QED) is 0.869. The lowest BCUT2D eigenvalue weighted by molar-refractivity contribution is -0.131. The first-order valence-electron chi connectivity index (χ1n) is 6.50. The Morgan fingerprint density at radius 1 is 1.56 bits per heavy atom. The van der Waals surface area contributed by atoms with E-state index in [0.29, 0.717) is 6.54 Å². The van der Waals surface area contributed by atoms with Crippen LogP contribution in [0.3, 0.4) is 0 Å². The number of aryl methyl sites for hydroxylation is 1. The second-order valence-corrected chi connectivity index (χ2v) is 6.14. The molecule has 0 atom stereocenters. The molecular weight excluding hydrogens is 246 g/mol. The summed E-state index contributed by atoms with van der Waals surface area (Å²) in [5.74, 6) is 0.192. The Hall–Kier alpha value is -0.940. The van der Waals surface area contributed by atoms with E-state index in [1.54, 1.807) is 11.3 Å². The van der Waals surface area contributed by atoms with Crippen molar-refractivity contribution in [2.45, 2.75) is 33.1 Å². The maximum absolute atomic E-state index is 12.2. The van der Waals surface area contributed by atoms with Crippen LogP contribution in [0.1, 0.15) is 30.5 Å². The summed E-state index contributed by atoms with van der Waals surface area (Å²) in [6, 6.07) is 0. The van der Waals surface area contributed by atoms with E-state index in [0.717, 1.165) is 43.1 Å². The maximum atomic E-state index is 12.2. The molecule has 0 aliphatic carbocycles. The monoisotopic (exact) mass is 267 g/mol. The Morgan fingerprint density at radius 3 is 2.89 bits per heavy atom. The number of hydrogen-bond donors (Lipinski definition) is 2. The molecule has 0 bridgehead atoms. The molecule has 1 amide bonds. The summed E-state index contributed by atoms with van der Waals surface area (Å²) in [5, 5.41) is 9.49. The van der Waals surface area contributed by atoms with E-state index in [4.69, 9.17) is 0 Å². The summed E-state index contributed by atoms with van der Waals surface area (Å²) in [5.41, 5.74) is 0.871. The molecule has 1 aromatic rings. The standard InChI is InChI=1S/C13H21N3OS/c1-10-9-18-11(16-10)3-6-15-12(17)13(2)4-7-14-8-5-13/h9,14H,3-8H2,1-2H3,(H,15,17). The first kappa shape index (κ1) is 13.5. The summed E-state index contributed by atoms with van der Waals surface area (Å²) in [7, 11) is 0. The van der Waals surface area contributed by atoms with Crippen molar-refractivity contribution in [2.24, 2.45) is 5.41 Å². The van der Waals surface area contributed by atoms with Crippen molar-refractivity contribution in [1.82, 2.24) is 15.6 Å². The zero-order valence-corrected chi connectivity index (χ0v) is 11.9. The Balaban J connectivity index is 1.77. The predicted molar refractivity (Wildman–Crippen MR) is 73.8 cm³/mol. The van der Waals surface area contributed by atoms with Crippen molar-refractivity contribution < 1.29 is 4.79 Å². The molecule has 0 unspecified atom stereocenters. The van der Waals surface area contributed by atoms with E-state index in [1.165, 1.54) is 0 Å². The van der Waals surface area contributed by atoms with E-state index in [2.05, 4.69) is 22.5 Å². The largest absolute Gasteiger partial charge is 0.355 e. The zero-order chi connectivity index (χ0) is 13.0. The molecule has 0 saturated carbocycles. The van der Waals surface area contributed by atoms with Gasteiger partial charge in [0, 0.05) is 29.5 Å². The molecule has 1 saturated heterocycles. The SMILES string of the molecule is Cc1csc(CCNC(=O)C2(C)CCNCC2)n1. The minimum atomic E-state index is -0.190. The molecule has 0 aromatic carbocycles. The minimum Gasteiger partial charge on any atom is -0.355 e. The van der Waals surface area contributed by atoms with Crippen LogP contribution in [0.25, 0.3) is 0 Å². The average Bonchev–Trinajstić information content (AvgIpc) is 2.76. The van der Waals surface area contributed by atoms with Gasteiger partial charge in [-0.15, -0.1) is 11.3 Å². The highest BCUT2D eigenvalue weighted by atomic mass is 32.1. The van der Waals surface area contributed by atoms with Crippen molar-refractivity contribution >= 4 is 17.2 Å². The van der Waals surface area contributed by atoms with E-state index in [-0.39, 0.29) is 11.3 Å². The molecule has 2 rings (SSSR count). The van der Waals surface area contributed by atoms with Crippen LogP contribution in [0.2, 0.25) is 0 Å². The van der Waals surface area contributed by atoms with Gasteiger partial charge in [-0.25, -0.2) is 4.98 Å². The molecular formula is C13H21N3OS. The number of aromatic nitrogens is 1. The lowest BCUT2D eigenvalue weighted by atomic mass is 9.80. The number of amides is 1. The number of rotatable bonds is 4. The van der Waals surface area contributed by atoms with Crippen molar-refractivity contribution in [2.75, 3.05) is 19.6 Å². The van der Waals surface area contributed by atoms with Gasteiger partial charge in [-0.3, -0.25) is 4.79 Å². The van der Waals surface area contributed by atoms with Crippen LogP contribution >= 0.6 is 11.3 Å². The average molecular weight is 267 g/mol. The Bertz CT molecular complexity index is 410. The third-order valence-electron chi connectivity index (χ3n) is 3.55. The molecule has 18 heavy (non-hydrogen) atoms. The molecule has 4 nitrogen and oxygen atoms in total.